The van der Waals surface area contributed by atoms with Gasteiger partial charge in [-0.05, 0) is 96.3 Å². The average Bonchev–Trinajstić information content (AvgIpc) is 3.46. The van der Waals surface area contributed by atoms with Gasteiger partial charge >= 0.3 is 17.9 Å². The predicted molar refractivity (Wildman–Crippen MR) is 348 cm³/mol. The molecule has 0 spiro atoms. The number of unbranched alkanes of at least 4 members (excludes halogenated alkanes) is 38. The fourth-order valence-corrected chi connectivity index (χ4v) is 9.97. The highest BCUT2D eigenvalue weighted by Crippen LogP contribution is 2.17. The highest BCUT2D eigenvalue weighted by molar-refractivity contribution is 5.71. The maximum absolute atomic E-state index is 12.9. The first-order valence-corrected chi connectivity index (χ1v) is 34.6. The van der Waals surface area contributed by atoms with E-state index in [0.29, 0.717) is 19.3 Å². The predicted octanol–water partition coefficient (Wildman–Crippen LogP) is 23.8. The van der Waals surface area contributed by atoms with Crippen LogP contribution in [0.25, 0.3) is 0 Å². The summed E-state index contributed by atoms with van der Waals surface area (Å²) < 4.78 is 17.0. The Morgan fingerprint density at radius 2 is 0.487 bits per heavy atom. The van der Waals surface area contributed by atoms with Gasteiger partial charge in [0, 0.05) is 19.3 Å². The number of hydrogen-bond donors (Lipinski definition) is 0. The van der Waals surface area contributed by atoms with Crippen LogP contribution >= 0.6 is 0 Å². The van der Waals surface area contributed by atoms with Gasteiger partial charge in [0.1, 0.15) is 13.2 Å². The lowest BCUT2D eigenvalue weighted by Gasteiger charge is -2.18. The van der Waals surface area contributed by atoms with E-state index in [2.05, 4.69) is 106 Å². The minimum Gasteiger partial charge on any atom is -0.462 e. The Morgan fingerprint density at radius 1 is 0.263 bits per heavy atom. The molecular weight excluding hydrogens is 985 g/mol. The van der Waals surface area contributed by atoms with E-state index in [1.165, 1.54) is 212 Å². The summed E-state index contributed by atoms with van der Waals surface area (Å²) in [7, 11) is 0. The average molecular weight is 1120 g/mol. The van der Waals surface area contributed by atoms with Crippen LogP contribution in [0.3, 0.4) is 0 Å². The smallest absolute Gasteiger partial charge is 0.306 e. The van der Waals surface area contributed by atoms with Gasteiger partial charge in [-0.15, -0.1) is 0 Å². The maximum Gasteiger partial charge on any atom is 0.306 e. The zero-order valence-electron chi connectivity index (χ0n) is 53.1. The SMILES string of the molecule is CC/C=C\C/C=C\C/C=C\C/C=C\C/C=C\C/C=C\CCCCCCCCCCCCC(=O)OCC(COC(=O)CCCCCCCCCCCCCC)OC(=O)CCCCCCCCCCC/C=C\CCCCCCCCCC. The number of hydrogen-bond acceptors (Lipinski definition) is 6. The summed E-state index contributed by atoms with van der Waals surface area (Å²) in [6.07, 6.45) is 90.3. The van der Waals surface area contributed by atoms with Gasteiger partial charge in [-0.2, -0.15) is 0 Å². The molecule has 0 heterocycles. The second-order valence-electron chi connectivity index (χ2n) is 23.1. The minimum absolute atomic E-state index is 0.0742. The highest BCUT2D eigenvalue weighted by Gasteiger charge is 2.19. The maximum atomic E-state index is 12.9. The largest absolute Gasteiger partial charge is 0.462 e. The Balaban J connectivity index is 4.26. The molecule has 0 aromatic heterocycles. The van der Waals surface area contributed by atoms with Crippen molar-refractivity contribution in [1.29, 1.82) is 0 Å². The molecule has 0 amide bonds. The number of esters is 3. The van der Waals surface area contributed by atoms with Crippen molar-refractivity contribution in [1.82, 2.24) is 0 Å². The first-order valence-electron chi connectivity index (χ1n) is 34.6. The van der Waals surface area contributed by atoms with Crippen LogP contribution < -0.4 is 0 Å². The van der Waals surface area contributed by atoms with E-state index in [9.17, 15) is 14.4 Å². The standard InChI is InChI=1S/C74H130O6/c1-4-7-10-13-16-19-22-25-27-29-31-33-34-35-36-37-38-39-40-42-43-45-47-49-52-55-58-61-64-67-73(76)79-70-71(69-78-72(75)66-63-60-57-54-51-24-21-18-15-12-9-6-3)80-74(77)68-65-62-59-56-53-50-48-46-44-41-32-30-28-26-23-20-17-14-11-8-5-2/h7,10,16,19,25,27,30-33,35-36,38-39,71H,4-6,8-9,11-15,17-18,20-24,26,28-29,34,37,40-70H2,1-3H3/b10-7-,19-16-,27-25-,32-30-,33-31-,36-35-,39-38-. The Hall–Kier alpha value is -3.41. The minimum atomic E-state index is -0.778. The van der Waals surface area contributed by atoms with Gasteiger partial charge in [0.2, 0.25) is 0 Å². The van der Waals surface area contributed by atoms with Gasteiger partial charge in [-0.25, -0.2) is 0 Å². The van der Waals surface area contributed by atoms with Crippen LogP contribution in [0.2, 0.25) is 0 Å². The van der Waals surface area contributed by atoms with Gasteiger partial charge in [0.25, 0.3) is 0 Å². The molecule has 6 nitrogen and oxygen atoms in total. The molecule has 0 rings (SSSR count). The van der Waals surface area contributed by atoms with Gasteiger partial charge < -0.3 is 14.2 Å². The van der Waals surface area contributed by atoms with Gasteiger partial charge in [0.05, 0.1) is 0 Å². The number of ether oxygens (including phenoxy) is 3. The van der Waals surface area contributed by atoms with E-state index in [1.807, 2.05) is 0 Å². The highest BCUT2D eigenvalue weighted by atomic mass is 16.6. The molecule has 1 atom stereocenters. The third-order valence-corrected chi connectivity index (χ3v) is 15.1. The Morgan fingerprint density at radius 3 is 0.775 bits per heavy atom. The molecule has 0 N–H and O–H groups in total. The van der Waals surface area contributed by atoms with Crippen molar-refractivity contribution in [3.05, 3.63) is 85.1 Å². The molecule has 0 fully saturated rings. The topological polar surface area (TPSA) is 78.9 Å². The molecule has 0 aliphatic carbocycles. The number of carbonyl (C=O) groups is 3. The third-order valence-electron chi connectivity index (χ3n) is 15.1. The number of rotatable bonds is 63. The van der Waals surface area contributed by atoms with Crippen molar-refractivity contribution in [2.24, 2.45) is 0 Å². The molecule has 462 valence electrons. The first-order chi connectivity index (χ1) is 39.5. The molecule has 0 aromatic rings. The number of carbonyl (C=O) groups excluding carboxylic acids is 3. The van der Waals surface area contributed by atoms with Crippen LogP contribution in [0.4, 0.5) is 0 Å². The molecule has 0 saturated heterocycles. The molecule has 0 radical (unpaired) electrons. The number of allylic oxidation sites excluding steroid dienone is 14. The fraction of sp³-hybridized carbons (Fsp3) is 0.770. The van der Waals surface area contributed by atoms with Gasteiger partial charge in [0.15, 0.2) is 6.10 Å². The Labute approximate surface area is 496 Å². The molecule has 80 heavy (non-hydrogen) atoms. The Bertz CT molecular complexity index is 1520. The fourth-order valence-electron chi connectivity index (χ4n) is 9.97. The van der Waals surface area contributed by atoms with E-state index < -0.39 is 6.10 Å². The molecule has 0 saturated carbocycles. The van der Waals surface area contributed by atoms with Crippen molar-refractivity contribution in [2.45, 2.75) is 354 Å². The lowest BCUT2D eigenvalue weighted by Crippen LogP contribution is -2.30. The van der Waals surface area contributed by atoms with E-state index in [-0.39, 0.29) is 31.1 Å². The van der Waals surface area contributed by atoms with Crippen LogP contribution in [-0.4, -0.2) is 37.2 Å². The third kappa shape index (κ3) is 65.4. The van der Waals surface area contributed by atoms with Crippen molar-refractivity contribution >= 4 is 17.9 Å². The van der Waals surface area contributed by atoms with Crippen molar-refractivity contribution in [2.75, 3.05) is 13.2 Å². The van der Waals surface area contributed by atoms with E-state index in [1.54, 1.807) is 0 Å². The summed E-state index contributed by atoms with van der Waals surface area (Å²) >= 11 is 0. The van der Waals surface area contributed by atoms with Crippen LogP contribution in [-0.2, 0) is 28.6 Å². The molecule has 0 bridgehead atoms. The second-order valence-corrected chi connectivity index (χ2v) is 23.1. The molecule has 0 aromatic carbocycles. The summed E-state index contributed by atoms with van der Waals surface area (Å²) in [5.41, 5.74) is 0. The molecular formula is C74H130O6. The Kier molecular flexibility index (Phi) is 65.2. The van der Waals surface area contributed by atoms with Crippen LogP contribution in [0.1, 0.15) is 348 Å². The van der Waals surface area contributed by atoms with Crippen LogP contribution in [0.15, 0.2) is 85.1 Å². The lowest BCUT2D eigenvalue weighted by molar-refractivity contribution is -0.167. The lowest BCUT2D eigenvalue weighted by atomic mass is 10.0. The summed E-state index contributed by atoms with van der Waals surface area (Å²) in [5, 5.41) is 0. The van der Waals surface area contributed by atoms with Gasteiger partial charge in [-0.1, -0.05) is 318 Å². The van der Waals surface area contributed by atoms with Crippen molar-refractivity contribution in [3.63, 3.8) is 0 Å². The first kappa shape index (κ1) is 76.6. The van der Waals surface area contributed by atoms with E-state index in [0.717, 1.165) is 96.3 Å². The molecule has 6 heteroatoms. The summed E-state index contributed by atoms with van der Waals surface area (Å²) in [6, 6.07) is 0. The molecule has 1 unspecified atom stereocenters. The quantitative estimate of drug-likeness (QED) is 0.0261. The summed E-state index contributed by atoms with van der Waals surface area (Å²) in [6.45, 7) is 6.56. The van der Waals surface area contributed by atoms with Crippen molar-refractivity contribution < 1.29 is 28.6 Å². The summed E-state index contributed by atoms with van der Waals surface area (Å²) in [4.78, 5) is 38.4. The van der Waals surface area contributed by atoms with Gasteiger partial charge in [-0.3, -0.25) is 14.4 Å². The summed E-state index contributed by atoms with van der Waals surface area (Å²) in [5.74, 6) is -0.864. The zero-order chi connectivity index (χ0) is 57.8. The monoisotopic (exact) mass is 1110 g/mol. The zero-order valence-corrected chi connectivity index (χ0v) is 53.1. The molecule has 0 aliphatic rings. The second kappa shape index (κ2) is 68.1. The van der Waals surface area contributed by atoms with E-state index >= 15 is 0 Å². The van der Waals surface area contributed by atoms with Crippen molar-refractivity contribution in [3.8, 4) is 0 Å². The van der Waals surface area contributed by atoms with Crippen LogP contribution in [0.5, 0.6) is 0 Å². The van der Waals surface area contributed by atoms with Crippen LogP contribution in [0, 0.1) is 0 Å². The molecule has 0 aliphatic heterocycles. The normalized spacial score (nSPS) is 12.6. The van der Waals surface area contributed by atoms with E-state index in [4.69, 9.17) is 14.2 Å².